The molecule has 0 bridgehead atoms. The van der Waals surface area contributed by atoms with Crippen LogP contribution in [0.4, 0.5) is 0 Å². The summed E-state index contributed by atoms with van der Waals surface area (Å²) >= 11 is 0. The summed E-state index contributed by atoms with van der Waals surface area (Å²) in [6.07, 6.45) is 0.598. The molecule has 0 fully saturated rings. The Kier molecular flexibility index (Phi) is 3.29. The van der Waals surface area contributed by atoms with Gasteiger partial charge in [0.15, 0.2) is 0 Å². The van der Waals surface area contributed by atoms with E-state index >= 15 is 0 Å². The van der Waals surface area contributed by atoms with Gasteiger partial charge in [0.05, 0.1) is 18.2 Å². The Bertz CT molecular complexity index is 407. The zero-order chi connectivity index (χ0) is 11.4. The van der Waals surface area contributed by atoms with Gasteiger partial charge in [-0.2, -0.15) is 5.26 Å². The van der Waals surface area contributed by atoms with Crippen LogP contribution in [0.25, 0.3) is 0 Å². The van der Waals surface area contributed by atoms with Crippen molar-refractivity contribution in [2.24, 2.45) is 0 Å². The maximum atomic E-state index is 10.8. The molecule has 0 saturated carbocycles. The smallest absolute Gasteiger partial charge is 0.335 e. The second-order valence-electron chi connectivity index (χ2n) is 2.98. The quantitative estimate of drug-likeness (QED) is 0.817. The first-order chi connectivity index (χ1) is 7.13. The Labute approximate surface area is 87.7 Å². The number of hydrogen-bond donors (Lipinski definition) is 1. The average Bonchev–Trinajstić information content (AvgIpc) is 2.26. The van der Waals surface area contributed by atoms with E-state index in [2.05, 4.69) is 0 Å². The minimum Gasteiger partial charge on any atom is -0.495 e. The Morgan fingerprint density at radius 2 is 2.27 bits per heavy atom. The second kappa shape index (κ2) is 4.47. The van der Waals surface area contributed by atoms with Crippen LogP contribution in [0.1, 0.15) is 28.4 Å². The Balaban J connectivity index is 3.44. The Morgan fingerprint density at radius 1 is 1.60 bits per heavy atom. The zero-order valence-corrected chi connectivity index (χ0v) is 8.57. The third-order valence-electron chi connectivity index (χ3n) is 2.14. The third-order valence-corrected chi connectivity index (χ3v) is 2.14. The van der Waals surface area contributed by atoms with E-state index in [0.717, 1.165) is 0 Å². The molecule has 1 N–H and O–H groups in total. The lowest BCUT2D eigenvalue weighted by atomic mass is 10.0. The molecule has 1 aromatic carbocycles. The molecule has 78 valence electrons. The van der Waals surface area contributed by atoms with Gasteiger partial charge in [0.2, 0.25) is 0 Å². The van der Waals surface area contributed by atoms with Gasteiger partial charge in [0.1, 0.15) is 11.8 Å². The topological polar surface area (TPSA) is 70.3 Å². The van der Waals surface area contributed by atoms with Crippen molar-refractivity contribution in [1.82, 2.24) is 0 Å². The fourth-order valence-corrected chi connectivity index (χ4v) is 1.36. The summed E-state index contributed by atoms with van der Waals surface area (Å²) in [5, 5.41) is 17.8. The van der Waals surface area contributed by atoms with Crippen molar-refractivity contribution < 1.29 is 14.6 Å². The highest BCUT2D eigenvalue weighted by molar-refractivity contribution is 5.89. The minimum atomic E-state index is -1.02. The lowest BCUT2D eigenvalue weighted by Gasteiger charge is -2.08. The van der Waals surface area contributed by atoms with Gasteiger partial charge in [-0.25, -0.2) is 4.79 Å². The van der Waals surface area contributed by atoms with Crippen LogP contribution in [0.5, 0.6) is 5.75 Å². The molecule has 0 spiro atoms. The van der Waals surface area contributed by atoms with Crippen LogP contribution in [0.15, 0.2) is 12.1 Å². The summed E-state index contributed by atoms with van der Waals surface area (Å²) in [5.41, 5.74) is 1.24. The number of ether oxygens (including phenoxy) is 1. The molecule has 0 amide bonds. The molecule has 4 heteroatoms. The summed E-state index contributed by atoms with van der Waals surface area (Å²) in [5.74, 6) is -0.707. The van der Waals surface area contributed by atoms with Crippen molar-refractivity contribution in [1.29, 1.82) is 5.26 Å². The molecule has 4 nitrogen and oxygen atoms in total. The first-order valence-corrected chi connectivity index (χ1v) is 4.48. The van der Waals surface area contributed by atoms with Crippen LogP contribution >= 0.6 is 0 Å². The standard InChI is InChI=1S/C11H11NO3/c1-3-7-4-8(11(13)14)5-10(15-2)9(7)6-12/h4-5H,3H2,1-2H3,(H,13,14). The van der Waals surface area contributed by atoms with Gasteiger partial charge in [-0.1, -0.05) is 6.92 Å². The summed E-state index contributed by atoms with van der Waals surface area (Å²) in [6.45, 7) is 1.86. The highest BCUT2D eigenvalue weighted by atomic mass is 16.5. The number of nitrogens with zero attached hydrogens (tertiary/aromatic N) is 1. The number of aryl methyl sites for hydroxylation is 1. The molecule has 0 saturated heterocycles. The highest BCUT2D eigenvalue weighted by Gasteiger charge is 2.13. The van der Waals surface area contributed by atoms with Crippen LogP contribution in [-0.2, 0) is 6.42 Å². The second-order valence-corrected chi connectivity index (χ2v) is 2.98. The van der Waals surface area contributed by atoms with Gasteiger partial charge in [0, 0.05) is 0 Å². The van der Waals surface area contributed by atoms with E-state index in [1.807, 2.05) is 13.0 Å². The number of methoxy groups -OCH3 is 1. The number of hydrogen-bond acceptors (Lipinski definition) is 3. The van der Waals surface area contributed by atoms with E-state index in [9.17, 15) is 4.79 Å². The molecule has 0 aromatic heterocycles. The van der Waals surface area contributed by atoms with Crippen LogP contribution < -0.4 is 4.74 Å². The van der Waals surface area contributed by atoms with Gasteiger partial charge < -0.3 is 9.84 Å². The maximum Gasteiger partial charge on any atom is 0.335 e. The monoisotopic (exact) mass is 205 g/mol. The van der Waals surface area contributed by atoms with E-state index < -0.39 is 5.97 Å². The highest BCUT2D eigenvalue weighted by Crippen LogP contribution is 2.24. The minimum absolute atomic E-state index is 0.141. The van der Waals surface area contributed by atoms with E-state index in [4.69, 9.17) is 15.1 Å². The number of carboxylic acids is 1. The molecule has 0 atom stereocenters. The molecule has 0 heterocycles. The maximum absolute atomic E-state index is 10.8. The first kappa shape index (κ1) is 11.1. The molecule has 0 aliphatic carbocycles. The average molecular weight is 205 g/mol. The molecular formula is C11H11NO3. The predicted octanol–water partition coefficient (Wildman–Crippen LogP) is 1.83. The molecule has 0 unspecified atom stereocenters. The lowest BCUT2D eigenvalue weighted by Crippen LogP contribution is -2.02. The van der Waals surface area contributed by atoms with E-state index in [1.165, 1.54) is 19.2 Å². The van der Waals surface area contributed by atoms with E-state index in [-0.39, 0.29) is 5.56 Å². The Morgan fingerprint density at radius 3 is 2.67 bits per heavy atom. The summed E-state index contributed by atoms with van der Waals surface area (Å²) in [7, 11) is 1.42. The first-order valence-electron chi connectivity index (χ1n) is 4.48. The van der Waals surface area contributed by atoms with Gasteiger partial charge in [-0.15, -0.1) is 0 Å². The molecular weight excluding hydrogens is 194 g/mol. The van der Waals surface area contributed by atoms with Crippen molar-refractivity contribution in [2.45, 2.75) is 13.3 Å². The fraction of sp³-hybridized carbons (Fsp3) is 0.273. The van der Waals surface area contributed by atoms with Crippen LogP contribution in [-0.4, -0.2) is 18.2 Å². The largest absolute Gasteiger partial charge is 0.495 e. The van der Waals surface area contributed by atoms with Crippen molar-refractivity contribution in [3.05, 3.63) is 28.8 Å². The predicted molar refractivity (Wildman–Crippen MR) is 54.0 cm³/mol. The lowest BCUT2D eigenvalue weighted by molar-refractivity contribution is 0.0696. The summed E-state index contributed by atoms with van der Waals surface area (Å²) in [4.78, 5) is 10.8. The van der Waals surface area contributed by atoms with Crippen molar-refractivity contribution in [3.8, 4) is 11.8 Å². The van der Waals surface area contributed by atoms with Crippen LogP contribution in [0.3, 0.4) is 0 Å². The number of rotatable bonds is 3. The van der Waals surface area contributed by atoms with Crippen molar-refractivity contribution >= 4 is 5.97 Å². The molecule has 15 heavy (non-hydrogen) atoms. The van der Waals surface area contributed by atoms with Crippen molar-refractivity contribution in [2.75, 3.05) is 7.11 Å². The number of carboxylic acid groups (broad SMARTS) is 1. The van der Waals surface area contributed by atoms with Gasteiger partial charge >= 0.3 is 5.97 Å². The number of benzene rings is 1. The van der Waals surface area contributed by atoms with Crippen LogP contribution in [0.2, 0.25) is 0 Å². The Hall–Kier alpha value is -2.02. The number of carbonyl (C=O) groups is 1. The molecule has 0 radical (unpaired) electrons. The third kappa shape index (κ3) is 2.08. The van der Waals surface area contributed by atoms with E-state index in [0.29, 0.717) is 23.3 Å². The fourth-order valence-electron chi connectivity index (χ4n) is 1.36. The normalized spacial score (nSPS) is 9.40. The number of aromatic carboxylic acids is 1. The SMILES string of the molecule is CCc1cc(C(=O)O)cc(OC)c1C#N. The summed E-state index contributed by atoms with van der Waals surface area (Å²) in [6, 6.07) is 4.88. The molecule has 0 aliphatic heterocycles. The van der Waals surface area contributed by atoms with Crippen molar-refractivity contribution in [3.63, 3.8) is 0 Å². The molecule has 1 rings (SSSR count). The zero-order valence-electron chi connectivity index (χ0n) is 8.57. The van der Waals surface area contributed by atoms with E-state index in [1.54, 1.807) is 0 Å². The van der Waals surface area contributed by atoms with Gasteiger partial charge in [-0.3, -0.25) is 0 Å². The summed E-state index contributed by atoms with van der Waals surface area (Å²) < 4.78 is 4.98. The number of nitriles is 1. The molecule has 0 aliphatic rings. The van der Waals surface area contributed by atoms with Gasteiger partial charge in [-0.05, 0) is 24.1 Å². The van der Waals surface area contributed by atoms with Gasteiger partial charge in [0.25, 0.3) is 0 Å². The molecule has 1 aromatic rings. The van der Waals surface area contributed by atoms with Crippen LogP contribution in [0, 0.1) is 11.3 Å².